The number of esters is 1. The van der Waals surface area contributed by atoms with Gasteiger partial charge in [-0.15, -0.1) is 11.3 Å². The molecule has 0 aliphatic heterocycles. The van der Waals surface area contributed by atoms with Gasteiger partial charge in [-0.3, -0.25) is 4.79 Å². The monoisotopic (exact) mass is 376 g/mol. The van der Waals surface area contributed by atoms with E-state index in [9.17, 15) is 9.59 Å². The molecule has 0 bridgehead atoms. The van der Waals surface area contributed by atoms with Crippen LogP contribution in [0.15, 0.2) is 27.6 Å². The molecule has 0 aliphatic rings. The quantitative estimate of drug-likeness (QED) is 0.641. The summed E-state index contributed by atoms with van der Waals surface area (Å²) in [4.78, 5) is 34.3. The van der Waals surface area contributed by atoms with E-state index in [4.69, 9.17) is 9.15 Å². The van der Waals surface area contributed by atoms with Crippen molar-refractivity contribution in [3.63, 3.8) is 0 Å². The van der Waals surface area contributed by atoms with Gasteiger partial charge in [-0.05, 0) is 38.5 Å². The zero-order valence-corrected chi connectivity index (χ0v) is 16.0. The van der Waals surface area contributed by atoms with Gasteiger partial charge in [0.15, 0.2) is 11.6 Å². The number of aromatic amines is 1. The number of nitrogens with zero attached hydrogens (tertiary/aromatic N) is 1. The molecule has 3 heterocycles. The number of nitrogens with one attached hydrogen (secondary N) is 2. The van der Waals surface area contributed by atoms with Gasteiger partial charge in [0.2, 0.25) is 0 Å². The molecule has 3 aromatic rings. The topological polar surface area (TPSA) is 89.6 Å². The Balaban J connectivity index is 1.95. The number of thiophene rings is 1. The number of ether oxygens (including phenoxy) is 1. The first kappa shape index (κ1) is 18.3. The average molecular weight is 376 g/mol. The van der Waals surface area contributed by atoms with Crippen molar-refractivity contribution in [2.75, 3.05) is 13.7 Å². The average Bonchev–Trinajstić information content (AvgIpc) is 3.22. The number of H-pyrrole nitrogens is 1. The maximum Gasteiger partial charge on any atom is 0.348 e. The maximum atomic E-state index is 12.6. The molecule has 0 spiro atoms. The molecule has 1 unspecified atom stereocenters. The summed E-state index contributed by atoms with van der Waals surface area (Å²) in [5, 5.41) is 0.456. The Hall–Kier alpha value is -2.45. The first-order valence-electron chi connectivity index (χ1n) is 8.47. The van der Waals surface area contributed by atoms with Crippen LogP contribution in [0.4, 0.5) is 0 Å². The molecule has 3 rings (SSSR count). The van der Waals surface area contributed by atoms with E-state index in [-0.39, 0.29) is 11.6 Å². The smallest absolute Gasteiger partial charge is 0.348 e. The Labute approximate surface area is 154 Å². The number of carbonyl (C=O) groups excluding carboxylic acids is 1. The molecular weight excluding hydrogens is 354 g/mol. The number of quaternary nitrogens is 1. The third kappa shape index (κ3) is 3.42. The van der Waals surface area contributed by atoms with Gasteiger partial charge in [-0.25, -0.2) is 9.78 Å². The van der Waals surface area contributed by atoms with Crippen molar-refractivity contribution in [2.24, 2.45) is 0 Å². The molecule has 8 heteroatoms. The number of aryl methyl sites for hydroxylation is 1. The first-order valence-corrected chi connectivity index (χ1v) is 9.29. The zero-order chi connectivity index (χ0) is 18.8. The van der Waals surface area contributed by atoms with E-state index in [1.807, 2.05) is 26.1 Å². The summed E-state index contributed by atoms with van der Waals surface area (Å²) >= 11 is 1.20. The minimum atomic E-state index is -0.414. The Morgan fingerprint density at radius 1 is 1.50 bits per heavy atom. The minimum absolute atomic E-state index is 0.0503. The van der Waals surface area contributed by atoms with Gasteiger partial charge in [0, 0.05) is 0 Å². The first-order chi connectivity index (χ1) is 12.4. The fourth-order valence-electron chi connectivity index (χ4n) is 2.83. The molecule has 2 atom stereocenters. The van der Waals surface area contributed by atoms with E-state index in [0.717, 1.165) is 10.7 Å². The van der Waals surface area contributed by atoms with Crippen molar-refractivity contribution in [2.45, 2.75) is 33.4 Å². The SMILES string of the molecule is CCOC(=O)c1sc2nc([C@@H](C)[NH+](C)Cc3ccco3)[nH]c(=O)c2c1C. The molecule has 3 aromatic heterocycles. The Bertz CT molecular complexity index is 974. The largest absolute Gasteiger partial charge is 0.463 e. The van der Waals surface area contributed by atoms with Gasteiger partial charge >= 0.3 is 5.97 Å². The molecule has 0 saturated carbocycles. The highest BCUT2D eigenvalue weighted by molar-refractivity contribution is 7.20. The zero-order valence-electron chi connectivity index (χ0n) is 15.2. The normalized spacial score (nSPS) is 13.7. The van der Waals surface area contributed by atoms with Crippen LogP contribution in [-0.4, -0.2) is 29.6 Å². The molecular formula is C18H22N3O4S+. The number of hydrogen-bond donors (Lipinski definition) is 2. The van der Waals surface area contributed by atoms with Crippen molar-refractivity contribution < 1.29 is 18.8 Å². The lowest BCUT2D eigenvalue weighted by atomic mass is 10.2. The molecule has 0 aromatic carbocycles. The number of fused-ring (bicyclic) bond motifs is 1. The van der Waals surface area contributed by atoms with E-state index in [0.29, 0.717) is 39.6 Å². The molecule has 0 amide bonds. The Morgan fingerprint density at radius 2 is 2.27 bits per heavy atom. The van der Waals surface area contributed by atoms with E-state index < -0.39 is 5.97 Å². The number of hydrogen-bond acceptors (Lipinski definition) is 6. The van der Waals surface area contributed by atoms with Crippen molar-refractivity contribution in [1.82, 2.24) is 9.97 Å². The van der Waals surface area contributed by atoms with E-state index in [1.54, 1.807) is 20.1 Å². The van der Waals surface area contributed by atoms with Crippen LogP contribution >= 0.6 is 11.3 Å². The van der Waals surface area contributed by atoms with Crippen LogP contribution < -0.4 is 10.5 Å². The van der Waals surface area contributed by atoms with Crippen LogP contribution in [-0.2, 0) is 11.3 Å². The highest BCUT2D eigenvalue weighted by atomic mass is 32.1. The van der Waals surface area contributed by atoms with Crippen molar-refractivity contribution in [3.05, 3.63) is 50.8 Å². The van der Waals surface area contributed by atoms with Gasteiger partial charge in [0.05, 0.1) is 25.3 Å². The van der Waals surface area contributed by atoms with Crippen LogP contribution in [0.3, 0.4) is 0 Å². The summed E-state index contributed by atoms with van der Waals surface area (Å²) in [5.41, 5.74) is 0.389. The van der Waals surface area contributed by atoms with Gasteiger partial charge in [0.1, 0.15) is 22.3 Å². The van der Waals surface area contributed by atoms with E-state index in [2.05, 4.69) is 9.97 Å². The number of rotatable bonds is 6. The van der Waals surface area contributed by atoms with E-state index >= 15 is 0 Å². The summed E-state index contributed by atoms with van der Waals surface area (Å²) in [6.45, 7) is 6.46. The van der Waals surface area contributed by atoms with Gasteiger partial charge in [0.25, 0.3) is 5.56 Å². The highest BCUT2D eigenvalue weighted by Gasteiger charge is 2.24. The maximum absolute atomic E-state index is 12.6. The highest BCUT2D eigenvalue weighted by Crippen LogP contribution is 2.28. The third-order valence-electron chi connectivity index (χ3n) is 4.46. The van der Waals surface area contributed by atoms with Crippen molar-refractivity contribution in [3.8, 4) is 0 Å². The third-order valence-corrected chi connectivity index (χ3v) is 5.63. The molecule has 2 N–H and O–H groups in total. The van der Waals surface area contributed by atoms with Crippen molar-refractivity contribution >= 4 is 27.5 Å². The lowest BCUT2D eigenvalue weighted by Crippen LogP contribution is -3.07. The lowest BCUT2D eigenvalue weighted by Gasteiger charge is -2.19. The van der Waals surface area contributed by atoms with Crippen LogP contribution in [0.5, 0.6) is 0 Å². The van der Waals surface area contributed by atoms with Crippen LogP contribution in [0.2, 0.25) is 0 Å². The summed E-state index contributed by atoms with van der Waals surface area (Å²) in [6.07, 6.45) is 1.64. The second-order valence-corrected chi connectivity index (χ2v) is 7.23. The number of aromatic nitrogens is 2. The molecule has 138 valence electrons. The fourth-order valence-corrected chi connectivity index (χ4v) is 3.91. The second kappa shape index (κ2) is 7.43. The summed E-state index contributed by atoms with van der Waals surface area (Å²) in [5.74, 6) is 1.04. The predicted octanol–water partition coefficient (Wildman–Crippen LogP) is 1.84. The van der Waals surface area contributed by atoms with E-state index in [1.165, 1.54) is 11.3 Å². The Morgan fingerprint density at radius 3 is 2.92 bits per heavy atom. The number of carbonyl (C=O) groups is 1. The Kier molecular flexibility index (Phi) is 5.24. The summed E-state index contributed by atoms with van der Waals surface area (Å²) < 4.78 is 10.5. The lowest BCUT2D eigenvalue weighted by molar-refractivity contribution is -0.925. The minimum Gasteiger partial charge on any atom is -0.463 e. The summed E-state index contributed by atoms with van der Waals surface area (Å²) in [6, 6.07) is 3.72. The molecule has 0 saturated heterocycles. The standard InChI is InChI=1S/C18H21N3O4S/c1-5-24-18(23)14-10(2)13-16(22)19-15(20-17(13)26-14)11(3)21(4)9-12-7-6-8-25-12/h6-8,11H,5,9H2,1-4H3,(H,19,20,22)/p+1/t11-/m1/s1. The predicted molar refractivity (Wildman–Crippen MR) is 98.6 cm³/mol. The molecule has 7 nitrogen and oxygen atoms in total. The second-order valence-electron chi connectivity index (χ2n) is 6.23. The van der Waals surface area contributed by atoms with Gasteiger partial charge < -0.3 is 19.0 Å². The van der Waals surface area contributed by atoms with Gasteiger partial charge in [-0.1, -0.05) is 0 Å². The van der Waals surface area contributed by atoms with Crippen LogP contribution in [0.1, 0.15) is 46.7 Å². The number of furan rings is 1. The van der Waals surface area contributed by atoms with Crippen LogP contribution in [0.25, 0.3) is 10.2 Å². The summed E-state index contributed by atoms with van der Waals surface area (Å²) in [7, 11) is 2.01. The molecule has 0 radical (unpaired) electrons. The van der Waals surface area contributed by atoms with Gasteiger partial charge in [-0.2, -0.15) is 0 Å². The molecule has 0 fully saturated rings. The molecule has 0 aliphatic carbocycles. The molecule has 26 heavy (non-hydrogen) atoms. The fraction of sp³-hybridized carbons (Fsp3) is 0.389. The van der Waals surface area contributed by atoms with Crippen LogP contribution in [0, 0.1) is 6.92 Å². The van der Waals surface area contributed by atoms with Crippen molar-refractivity contribution in [1.29, 1.82) is 0 Å².